The molecule has 114 valence electrons. The van der Waals surface area contributed by atoms with Gasteiger partial charge in [0.05, 0.1) is 0 Å². The molecule has 2 heterocycles. The van der Waals surface area contributed by atoms with E-state index in [1.807, 2.05) is 7.05 Å². The summed E-state index contributed by atoms with van der Waals surface area (Å²) >= 11 is 0. The number of piperidine rings is 1. The Morgan fingerprint density at radius 2 is 2.25 bits per heavy atom. The Morgan fingerprint density at radius 1 is 1.55 bits per heavy atom. The second kappa shape index (κ2) is 5.85. The van der Waals surface area contributed by atoms with Crippen LogP contribution in [0.5, 0.6) is 0 Å². The number of aryl methyl sites for hydroxylation is 1. The van der Waals surface area contributed by atoms with Crippen LogP contribution in [0.2, 0.25) is 0 Å². The summed E-state index contributed by atoms with van der Waals surface area (Å²) in [5.41, 5.74) is 0. The lowest BCUT2D eigenvalue weighted by Gasteiger charge is -2.35. The van der Waals surface area contributed by atoms with Gasteiger partial charge in [0, 0.05) is 18.2 Å². The van der Waals surface area contributed by atoms with Crippen molar-refractivity contribution in [2.45, 2.75) is 50.3 Å². The highest BCUT2D eigenvalue weighted by Crippen LogP contribution is 2.22. The van der Waals surface area contributed by atoms with Crippen molar-refractivity contribution >= 4 is 10.0 Å². The zero-order valence-corrected chi connectivity index (χ0v) is 12.9. The molecule has 1 saturated heterocycles. The first-order valence-electron chi connectivity index (χ1n) is 6.76. The van der Waals surface area contributed by atoms with Crippen LogP contribution in [0.25, 0.3) is 0 Å². The molecule has 0 aliphatic carbocycles. The minimum atomic E-state index is -3.59. The van der Waals surface area contributed by atoms with Crippen molar-refractivity contribution in [3.63, 3.8) is 0 Å². The molecule has 6 nitrogen and oxygen atoms in total. The maximum atomic E-state index is 12.4. The van der Waals surface area contributed by atoms with Crippen LogP contribution in [-0.4, -0.2) is 44.1 Å². The van der Waals surface area contributed by atoms with Gasteiger partial charge in [-0.15, -0.1) is 0 Å². The van der Waals surface area contributed by atoms with E-state index in [9.17, 15) is 8.42 Å². The molecule has 7 heteroatoms. The molecule has 0 aromatic carbocycles. The van der Waals surface area contributed by atoms with E-state index in [2.05, 4.69) is 16.5 Å². The molecule has 2 N–H and O–H groups in total. The van der Waals surface area contributed by atoms with Crippen LogP contribution in [0, 0.1) is 6.92 Å². The predicted octanol–water partition coefficient (Wildman–Crippen LogP) is 0.841. The highest BCUT2D eigenvalue weighted by Gasteiger charge is 2.29. The lowest BCUT2D eigenvalue weighted by atomic mass is 10.0. The molecule has 1 aliphatic rings. The fourth-order valence-corrected chi connectivity index (χ4v) is 4.03. The number of furan rings is 1. The summed E-state index contributed by atoms with van der Waals surface area (Å²) in [5.74, 6) is 0.571. The van der Waals surface area contributed by atoms with Crippen LogP contribution in [0.1, 0.15) is 31.3 Å². The molecule has 0 saturated carbocycles. The molecule has 20 heavy (non-hydrogen) atoms. The second-order valence-electron chi connectivity index (χ2n) is 5.46. The topological polar surface area (TPSA) is 82.8 Å². The van der Waals surface area contributed by atoms with Gasteiger partial charge in [-0.2, -0.15) is 0 Å². The van der Waals surface area contributed by atoms with Crippen molar-refractivity contribution in [3.05, 3.63) is 17.6 Å². The average molecular weight is 302 g/mol. The molecule has 0 spiro atoms. The molecule has 2 unspecified atom stereocenters. The summed E-state index contributed by atoms with van der Waals surface area (Å²) in [4.78, 5) is 2.34. The summed E-state index contributed by atoms with van der Waals surface area (Å²) in [5, 5.41) is 9.01. The summed E-state index contributed by atoms with van der Waals surface area (Å²) in [7, 11) is -1.55. The van der Waals surface area contributed by atoms with Gasteiger partial charge in [-0.05, 0) is 40.3 Å². The van der Waals surface area contributed by atoms with E-state index in [4.69, 9.17) is 9.52 Å². The van der Waals surface area contributed by atoms with Crippen molar-refractivity contribution in [2.75, 3.05) is 13.6 Å². The molecule has 1 aliphatic heterocycles. The molecule has 0 bridgehead atoms. The minimum Gasteiger partial charge on any atom is -0.462 e. The normalized spacial score (nSPS) is 25.0. The molecule has 1 aromatic rings. The Kier molecular flexibility index (Phi) is 4.53. The highest BCUT2D eigenvalue weighted by molar-refractivity contribution is 7.89. The predicted molar refractivity (Wildman–Crippen MR) is 74.8 cm³/mol. The first-order valence-corrected chi connectivity index (χ1v) is 8.24. The van der Waals surface area contributed by atoms with Crippen molar-refractivity contribution < 1.29 is 17.9 Å². The van der Waals surface area contributed by atoms with Crippen molar-refractivity contribution in [1.29, 1.82) is 0 Å². The van der Waals surface area contributed by atoms with Gasteiger partial charge >= 0.3 is 0 Å². The van der Waals surface area contributed by atoms with Gasteiger partial charge in [-0.3, -0.25) is 0 Å². The fraction of sp³-hybridized carbons (Fsp3) is 0.692. The molecule has 0 radical (unpaired) electrons. The minimum absolute atomic E-state index is 0.0573. The van der Waals surface area contributed by atoms with Crippen LogP contribution in [0.4, 0.5) is 0 Å². The Labute approximate surface area is 119 Å². The maximum Gasteiger partial charge on any atom is 0.244 e. The number of nitrogens with one attached hydrogen (secondary N) is 1. The largest absolute Gasteiger partial charge is 0.462 e. The van der Waals surface area contributed by atoms with E-state index in [0.717, 1.165) is 19.4 Å². The molecular weight excluding hydrogens is 280 g/mol. The van der Waals surface area contributed by atoms with Gasteiger partial charge in [0.2, 0.25) is 10.0 Å². The summed E-state index contributed by atoms with van der Waals surface area (Å²) in [6, 6.07) is 1.68. The van der Waals surface area contributed by atoms with Gasteiger partial charge < -0.3 is 14.4 Å². The zero-order chi connectivity index (χ0) is 14.9. The smallest absolute Gasteiger partial charge is 0.244 e. The van der Waals surface area contributed by atoms with Crippen LogP contribution in [-0.2, 0) is 16.6 Å². The number of nitrogens with zero attached hydrogens (tertiary/aromatic N) is 1. The molecular formula is C13H22N2O4S. The number of aliphatic hydroxyl groups is 1. The number of hydrogen-bond acceptors (Lipinski definition) is 5. The quantitative estimate of drug-likeness (QED) is 0.861. The first kappa shape index (κ1) is 15.5. The van der Waals surface area contributed by atoms with Gasteiger partial charge in [0.1, 0.15) is 23.0 Å². The fourth-order valence-electron chi connectivity index (χ4n) is 2.55. The van der Waals surface area contributed by atoms with Crippen molar-refractivity contribution in [1.82, 2.24) is 9.62 Å². The Morgan fingerprint density at radius 3 is 2.80 bits per heavy atom. The zero-order valence-electron chi connectivity index (χ0n) is 12.1. The number of rotatable bonds is 4. The second-order valence-corrected chi connectivity index (χ2v) is 7.15. The maximum absolute atomic E-state index is 12.4. The third kappa shape index (κ3) is 3.22. The first-order chi connectivity index (χ1) is 9.33. The summed E-state index contributed by atoms with van der Waals surface area (Å²) in [6.07, 6.45) is 1.59. The van der Waals surface area contributed by atoms with Crippen LogP contribution >= 0.6 is 0 Å². The van der Waals surface area contributed by atoms with Crippen molar-refractivity contribution in [2.24, 2.45) is 0 Å². The van der Waals surface area contributed by atoms with E-state index in [1.165, 1.54) is 6.07 Å². The van der Waals surface area contributed by atoms with Crippen LogP contribution in [0.15, 0.2) is 15.4 Å². The Balaban J connectivity index is 2.13. The van der Waals surface area contributed by atoms with Crippen LogP contribution < -0.4 is 4.72 Å². The molecule has 1 aromatic heterocycles. The SMILES string of the molecule is Cc1oc(CO)cc1S(=O)(=O)NC1CCN(C)C(C)C1. The summed E-state index contributed by atoms with van der Waals surface area (Å²) in [6.45, 7) is 4.25. The Bertz CT molecular complexity index is 567. The van der Waals surface area contributed by atoms with Gasteiger partial charge in [-0.1, -0.05) is 0 Å². The third-order valence-electron chi connectivity index (χ3n) is 3.90. The molecule has 0 amide bonds. The molecule has 1 fully saturated rings. The number of sulfonamides is 1. The van der Waals surface area contributed by atoms with Gasteiger partial charge in [0.15, 0.2) is 0 Å². The number of hydrogen-bond donors (Lipinski definition) is 2. The molecule has 2 atom stereocenters. The highest BCUT2D eigenvalue weighted by atomic mass is 32.2. The Hall–Kier alpha value is -0.890. The number of likely N-dealkylation sites (tertiary alicyclic amines) is 1. The van der Waals surface area contributed by atoms with E-state index in [1.54, 1.807) is 6.92 Å². The lowest BCUT2D eigenvalue weighted by molar-refractivity contribution is 0.178. The average Bonchev–Trinajstić information content (AvgIpc) is 2.76. The van der Waals surface area contributed by atoms with E-state index >= 15 is 0 Å². The monoisotopic (exact) mass is 302 g/mol. The summed E-state index contributed by atoms with van der Waals surface area (Å²) < 4.78 is 32.7. The van der Waals surface area contributed by atoms with Crippen LogP contribution in [0.3, 0.4) is 0 Å². The standard InChI is InChI=1S/C13H22N2O4S/c1-9-6-11(4-5-15(9)3)14-20(17,18)13-7-12(8-16)19-10(13)2/h7,9,11,14,16H,4-6,8H2,1-3H3. The van der Waals surface area contributed by atoms with E-state index < -0.39 is 10.0 Å². The van der Waals surface area contributed by atoms with E-state index in [-0.39, 0.29) is 23.3 Å². The number of aliphatic hydroxyl groups excluding tert-OH is 1. The van der Waals surface area contributed by atoms with E-state index in [0.29, 0.717) is 11.8 Å². The van der Waals surface area contributed by atoms with Gasteiger partial charge in [-0.25, -0.2) is 13.1 Å². The van der Waals surface area contributed by atoms with Crippen molar-refractivity contribution in [3.8, 4) is 0 Å². The molecule has 2 rings (SSSR count). The van der Waals surface area contributed by atoms with Gasteiger partial charge in [0.25, 0.3) is 0 Å². The lowest BCUT2D eigenvalue weighted by Crippen LogP contribution is -2.47. The third-order valence-corrected chi connectivity index (χ3v) is 5.53.